The van der Waals surface area contributed by atoms with Crippen LogP contribution < -0.4 is 4.46 Å². The molecule has 3 rings (SSSR count). The van der Waals surface area contributed by atoms with Crippen LogP contribution in [0.5, 0.6) is 0 Å². The molecule has 116 valence electrons. The van der Waals surface area contributed by atoms with E-state index in [9.17, 15) is 0 Å². The van der Waals surface area contributed by atoms with Crippen molar-refractivity contribution in [2.24, 2.45) is 5.92 Å². The quantitative estimate of drug-likeness (QED) is 0.759. The van der Waals surface area contributed by atoms with Gasteiger partial charge in [-0.3, -0.25) is 0 Å². The molecule has 4 heteroatoms. The summed E-state index contributed by atoms with van der Waals surface area (Å²) >= 11 is 0.500. The molecule has 0 radical (unpaired) electrons. The SMILES string of the molecule is CC1([C@H]2CC[C@@]2([Se]c2ccccc2)[Si](C)(C)C)OCCO1. The summed E-state index contributed by atoms with van der Waals surface area (Å²) in [5, 5.41) is 0. The van der Waals surface area contributed by atoms with Crippen molar-refractivity contribution in [3.05, 3.63) is 30.3 Å². The molecule has 2 atom stereocenters. The predicted molar refractivity (Wildman–Crippen MR) is 90.9 cm³/mol. The number of hydrogen-bond donors (Lipinski definition) is 0. The van der Waals surface area contributed by atoms with Crippen molar-refractivity contribution >= 4 is 27.5 Å². The minimum atomic E-state index is -1.32. The van der Waals surface area contributed by atoms with Gasteiger partial charge in [0.15, 0.2) is 0 Å². The Balaban J connectivity index is 1.91. The van der Waals surface area contributed by atoms with Gasteiger partial charge < -0.3 is 0 Å². The Morgan fingerprint density at radius 2 is 1.71 bits per heavy atom. The van der Waals surface area contributed by atoms with Crippen LogP contribution in [0.15, 0.2) is 30.3 Å². The van der Waals surface area contributed by atoms with Crippen LogP contribution in [0, 0.1) is 5.92 Å². The molecule has 1 saturated carbocycles. The molecule has 1 aliphatic heterocycles. The van der Waals surface area contributed by atoms with Crippen LogP contribution in [0.1, 0.15) is 19.8 Å². The van der Waals surface area contributed by atoms with E-state index in [1.807, 2.05) is 0 Å². The molecule has 2 aliphatic rings. The van der Waals surface area contributed by atoms with Crippen LogP contribution in [0.4, 0.5) is 0 Å². The van der Waals surface area contributed by atoms with Crippen LogP contribution in [-0.2, 0) is 9.47 Å². The summed E-state index contributed by atoms with van der Waals surface area (Å²) in [6, 6.07) is 11.1. The zero-order chi connectivity index (χ0) is 15.1. The van der Waals surface area contributed by atoms with Crippen LogP contribution in [-0.4, -0.2) is 42.0 Å². The van der Waals surface area contributed by atoms with Gasteiger partial charge in [-0.05, 0) is 0 Å². The molecule has 1 saturated heterocycles. The van der Waals surface area contributed by atoms with E-state index in [1.54, 1.807) is 0 Å². The standard InChI is InChI=1S/C17H26O2SeSi/c1-16(18-12-13-19-16)15-10-11-17(15,21(2,3)4)20-14-8-6-5-7-9-14/h5-9,15H,10-13H2,1-4H3/t15-,17-/m1/s1. The third-order valence-corrected chi connectivity index (χ3v) is 15.6. The van der Waals surface area contributed by atoms with E-state index < -0.39 is 8.07 Å². The van der Waals surface area contributed by atoms with Crippen LogP contribution in [0.2, 0.25) is 23.6 Å². The van der Waals surface area contributed by atoms with Crippen molar-refractivity contribution in [2.75, 3.05) is 13.2 Å². The van der Waals surface area contributed by atoms with E-state index >= 15 is 0 Å². The van der Waals surface area contributed by atoms with Gasteiger partial charge in [-0.15, -0.1) is 0 Å². The second-order valence-corrected chi connectivity index (χ2v) is 16.5. The predicted octanol–water partition coefficient (Wildman–Crippen LogP) is 3.23. The van der Waals surface area contributed by atoms with Crippen LogP contribution in [0.25, 0.3) is 0 Å². The molecular formula is C17H26O2SeSi. The number of rotatable bonds is 4. The molecule has 0 spiro atoms. The Morgan fingerprint density at radius 3 is 2.19 bits per heavy atom. The monoisotopic (exact) mass is 370 g/mol. The number of benzene rings is 1. The summed E-state index contributed by atoms with van der Waals surface area (Å²) in [5.41, 5.74) is 0. The molecular weight excluding hydrogens is 343 g/mol. The maximum absolute atomic E-state index is 6.04. The van der Waals surface area contributed by atoms with Gasteiger partial charge in [0, 0.05) is 0 Å². The summed E-state index contributed by atoms with van der Waals surface area (Å²) in [7, 11) is -1.32. The van der Waals surface area contributed by atoms with E-state index in [0.29, 0.717) is 24.8 Å². The van der Waals surface area contributed by atoms with Crippen molar-refractivity contribution in [1.82, 2.24) is 0 Å². The zero-order valence-corrected chi connectivity index (χ0v) is 16.2. The molecule has 1 aromatic carbocycles. The normalized spacial score (nSPS) is 31.9. The zero-order valence-electron chi connectivity index (χ0n) is 13.5. The van der Waals surface area contributed by atoms with Gasteiger partial charge >= 0.3 is 136 Å². The van der Waals surface area contributed by atoms with Crippen molar-refractivity contribution in [1.29, 1.82) is 0 Å². The fourth-order valence-corrected chi connectivity index (χ4v) is 12.0. The van der Waals surface area contributed by atoms with Crippen molar-refractivity contribution in [3.8, 4) is 0 Å². The fraction of sp³-hybridized carbons (Fsp3) is 0.647. The van der Waals surface area contributed by atoms with Gasteiger partial charge in [0.2, 0.25) is 0 Å². The fourth-order valence-electron chi connectivity index (χ4n) is 3.84. The van der Waals surface area contributed by atoms with Crippen molar-refractivity contribution < 1.29 is 9.47 Å². The average molecular weight is 369 g/mol. The summed E-state index contributed by atoms with van der Waals surface area (Å²) < 4.78 is 14.1. The Bertz CT molecular complexity index is 493. The van der Waals surface area contributed by atoms with Crippen molar-refractivity contribution in [3.63, 3.8) is 0 Å². The third-order valence-electron chi connectivity index (χ3n) is 5.17. The minimum absolute atomic E-state index is 0.338. The van der Waals surface area contributed by atoms with Crippen LogP contribution >= 0.6 is 0 Å². The van der Waals surface area contributed by atoms with Gasteiger partial charge in [-0.1, -0.05) is 0 Å². The molecule has 0 N–H and O–H groups in total. The summed E-state index contributed by atoms with van der Waals surface area (Å²) in [6.45, 7) is 11.3. The maximum atomic E-state index is 6.04. The molecule has 0 amide bonds. The van der Waals surface area contributed by atoms with E-state index in [4.69, 9.17) is 9.47 Å². The Labute approximate surface area is 135 Å². The van der Waals surface area contributed by atoms with E-state index in [0.717, 1.165) is 13.2 Å². The van der Waals surface area contributed by atoms with Gasteiger partial charge in [0.05, 0.1) is 0 Å². The molecule has 1 aliphatic carbocycles. The average Bonchev–Trinajstić information content (AvgIpc) is 2.81. The van der Waals surface area contributed by atoms with E-state index in [1.165, 1.54) is 17.3 Å². The van der Waals surface area contributed by atoms with Gasteiger partial charge in [0.25, 0.3) is 0 Å². The first kappa shape index (κ1) is 15.8. The first-order chi connectivity index (χ1) is 9.87. The van der Waals surface area contributed by atoms with Gasteiger partial charge in [-0.2, -0.15) is 0 Å². The molecule has 2 nitrogen and oxygen atoms in total. The molecule has 0 unspecified atom stereocenters. The Hall–Kier alpha value is -0.124. The Morgan fingerprint density at radius 1 is 1.10 bits per heavy atom. The van der Waals surface area contributed by atoms with E-state index in [2.05, 4.69) is 56.9 Å². The number of hydrogen-bond acceptors (Lipinski definition) is 2. The second kappa shape index (κ2) is 5.50. The molecule has 21 heavy (non-hydrogen) atoms. The Kier molecular flexibility index (Phi) is 4.13. The first-order valence-corrected chi connectivity index (χ1v) is 13.1. The summed E-state index contributed by atoms with van der Waals surface area (Å²) in [6.07, 6.45) is 2.61. The summed E-state index contributed by atoms with van der Waals surface area (Å²) in [4.78, 5) is 0. The van der Waals surface area contributed by atoms with Gasteiger partial charge in [0.1, 0.15) is 0 Å². The number of ether oxygens (including phenoxy) is 2. The van der Waals surface area contributed by atoms with E-state index in [-0.39, 0.29) is 5.79 Å². The molecule has 0 bridgehead atoms. The van der Waals surface area contributed by atoms with Crippen LogP contribution in [0.3, 0.4) is 0 Å². The molecule has 1 aromatic rings. The second-order valence-electron chi connectivity index (χ2n) is 7.36. The molecule has 2 fully saturated rings. The molecule has 0 aromatic heterocycles. The van der Waals surface area contributed by atoms with Crippen molar-refractivity contribution in [2.45, 2.75) is 49.1 Å². The third kappa shape index (κ3) is 2.66. The molecule has 1 heterocycles. The summed E-state index contributed by atoms with van der Waals surface area (Å²) in [5.74, 6) is 0.231. The first-order valence-electron chi connectivity index (χ1n) is 7.89. The topological polar surface area (TPSA) is 18.5 Å². The van der Waals surface area contributed by atoms with Gasteiger partial charge in [-0.25, -0.2) is 0 Å².